The van der Waals surface area contributed by atoms with E-state index in [2.05, 4.69) is 46.6 Å². The Morgan fingerprint density at radius 1 is 1.10 bits per heavy atom. The average molecular weight is 270 g/mol. The summed E-state index contributed by atoms with van der Waals surface area (Å²) in [4.78, 5) is 2.52. The summed E-state index contributed by atoms with van der Waals surface area (Å²) in [5, 5.41) is 3.52. The van der Waals surface area contributed by atoms with E-state index in [0.29, 0.717) is 0 Å². The normalized spacial score (nSPS) is 14.8. The van der Waals surface area contributed by atoms with Crippen LogP contribution in [-0.2, 0) is 13.1 Å². The molecule has 1 aromatic heterocycles. The lowest BCUT2D eigenvalue weighted by molar-refractivity contribution is 0.233. The van der Waals surface area contributed by atoms with Crippen LogP contribution in [0.5, 0.6) is 0 Å². The predicted octanol–water partition coefficient (Wildman–Crippen LogP) is 3.03. The zero-order valence-corrected chi connectivity index (χ0v) is 11.8. The van der Waals surface area contributed by atoms with Gasteiger partial charge in [-0.2, -0.15) is 0 Å². The maximum Gasteiger partial charge on any atom is 0.117 e. The Labute approximate surface area is 120 Å². The minimum absolute atomic E-state index is 0.763. The molecule has 1 aliphatic rings. The van der Waals surface area contributed by atoms with Crippen LogP contribution in [0.25, 0.3) is 0 Å². The van der Waals surface area contributed by atoms with Gasteiger partial charge in [0.2, 0.25) is 0 Å². The lowest BCUT2D eigenvalue weighted by Gasteiger charge is -2.20. The van der Waals surface area contributed by atoms with Gasteiger partial charge in [0.05, 0.1) is 12.8 Å². The molecule has 1 aromatic carbocycles. The molecule has 106 valence electrons. The summed E-state index contributed by atoms with van der Waals surface area (Å²) in [7, 11) is 0. The van der Waals surface area contributed by atoms with Crippen LogP contribution in [0, 0.1) is 0 Å². The topological polar surface area (TPSA) is 28.4 Å². The number of hydrogen-bond donors (Lipinski definition) is 1. The maximum atomic E-state index is 5.46. The molecule has 0 radical (unpaired) electrons. The van der Waals surface area contributed by atoms with Crippen molar-refractivity contribution in [2.24, 2.45) is 0 Å². The third kappa shape index (κ3) is 3.95. The highest BCUT2D eigenvalue weighted by atomic mass is 16.3. The van der Waals surface area contributed by atoms with E-state index in [4.69, 9.17) is 4.42 Å². The Balaban J connectivity index is 1.41. The smallest absolute Gasteiger partial charge is 0.117 e. The summed E-state index contributed by atoms with van der Waals surface area (Å²) >= 11 is 0. The molecule has 1 N–H and O–H groups in total. The fourth-order valence-electron chi connectivity index (χ4n) is 2.48. The summed E-state index contributed by atoms with van der Waals surface area (Å²) in [5.74, 6) is 1.07. The summed E-state index contributed by atoms with van der Waals surface area (Å²) in [6.45, 7) is 3.98. The summed E-state index contributed by atoms with van der Waals surface area (Å²) < 4.78 is 5.46. The summed E-state index contributed by atoms with van der Waals surface area (Å²) in [6, 6.07) is 15.3. The van der Waals surface area contributed by atoms with Crippen LogP contribution in [0.2, 0.25) is 0 Å². The van der Waals surface area contributed by atoms with Crippen molar-refractivity contribution in [1.29, 1.82) is 0 Å². The zero-order valence-electron chi connectivity index (χ0n) is 11.8. The van der Waals surface area contributed by atoms with E-state index in [0.717, 1.165) is 38.0 Å². The molecule has 20 heavy (non-hydrogen) atoms. The van der Waals surface area contributed by atoms with E-state index in [1.165, 1.54) is 18.4 Å². The molecule has 0 atom stereocenters. The van der Waals surface area contributed by atoms with E-state index in [1.54, 1.807) is 6.26 Å². The van der Waals surface area contributed by atoms with Crippen LogP contribution in [0.1, 0.15) is 24.2 Å². The molecule has 0 bridgehead atoms. The van der Waals surface area contributed by atoms with Crippen molar-refractivity contribution in [3.8, 4) is 0 Å². The van der Waals surface area contributed by atoms with Gasteiger partial charge in [0.1, 0.15) is 5.76 Å². The highest BCUT2D eigenvalue weighted by molar-refractivity contribution is 5.14. The van der Waals surface area contributed by atoms with Crippen molar-refractivity contribution in [1.82, 2.24) is 10.2 Å². The lowest BCUT2D eigenvalue weighted by atomic mass is 10.2. The molecule has 0 saturated heterocycles. The van der Waals surface area contributed by atoms with Gasteiger partial charge in [-0.1, -0.05) is 30.3 Å². The van der Waals surface area contributed by atoms with Crippen molar-refractivity contribution in [2.45, 2.75) is 32.0 Å². The fraction of sp³-hybridized carbons (Fsp3) is 0.412. The Hall–Kier alpha value is -1.58. The van der Waals surface area contributed by atoms with Crippen LogP contribution in [0.3, 0.4) is 0 Å². The van der Waals surface area contributed by atoms with Gasteiger partial charge in [-0.05, 0) is 30.5 Å². The zero-order chi connectivity index (χ0) is 13.6. The molecule has 1 fully saturated rings. The van der Waals surface area contributed by atoms with Gasteiger partial charge in [-0.25, -0.2) is 0 Å². The molecule has 2 aromatic rings. The van der Waals surface area contributed by atoms with Crippen molar-refractivity contribution < 1.29 is 4.42 Å². The van der Waals surface area contributed by atoms with Gasteiger partial charge >= 0.3 is 0 Å². The van der Waals surface area contributed by atoms with Crippen LogP contribution < -0.4 is 5.32 Å². The average Bonchev–Trinajstić information content (AvgIpc) is 3.21. The number of hydrogen-bond acceptors (Lipinski definition) is 3. The highest BCUT2D eigenvalue weighted by Crippen LogP contribution is 2.27. The van der Waals surface area contributed by atoms with Crippen LogP contribution in [-0.4, -0.2) is 24.0 Å². The minimum atomic E-state index is 0.763. The molecule has 0 aliphatic heterocycles. The molecule has 0 spiro atoms. The second-order valence-corrected chi connectivity index (χ2v) is 5.44. The molecule has 1 heterocycles. The predicted molar refractivity (Wildman–Crippen MR) is 80.3 cm³/mol. The Bertz CT molecular complexity index is 491. The van der Waals surface area contributed by atoms with Gasteiger partial charge in [-0.15, -0.1) is 0 Å². The fourth-order valence-corrected chi connectivity index (χ4v) is 2.48. The van der Waals surface area contributed by atoms with Crippen molar-refractivity contribution in [2.75, 3.05) is 13.1 Å². The van der Waals surface area contributed by atoms with E-state index in [9.17, 15) is 0 Å². The standard InChI is InChI=1S/C17H22N2O/c1-2-5-15(6-3-1)13-18-10-11-19(16-8-9-16)14-17-7-4-12-20-17/h1-7,12,16,18H,8-11,13-14H2. The third-order valence-corrected chi connectivity index (χ3v) is 3.75. The minimum Gasteiger partial charge on any atom is -0.468 e. The number of benzene rings is 1. The van der Waals surface area contributed by atoms with Crippen LogP contribution in [0.4, 0.5) is 0 Å². The van der Waals surface area contributed by atoms with Gasteiger partial charge in [-0.3, -0.25) is 4.90 Å². The third-order valence-electron chi connectivity index (χ3n) is 3.75. The molecule has 1 saturated carbocycles. The second-order valence-electron chi connectivity index (χ2n) is 5.44. The molecular weight excluding hydrogens is 248 g/mol. The molecule has 3 nitrogen and oxygen atoms in total. The SMILES string of the molecule is c1ccc(CNCCN(Cc2ccco2)C2CC2)cc1. The van der Waals surface area contributed by atoms with Crippen LogP contribution in [0.15, 0.2) is 53.1 Å². The lowest BCUT2D eigenvalue weighted by Crippen LogP contribution is -2.33. The van der Waals surface area contributed by atoms with Gasteiger partial charge in [0, 0.05) is 25.7 Å². The second kappa shape index (κ2) is 6.73. The largest absolute Gasteiger partial charge is 0.468 e. The van der Waals surface area contributed by atoms with Crippen LogP contribution >= 0.6 is 0 Å². The maximum absolute atomic E-state index is 5.46. The van der Waals surface area contributed by atoms with E-state index in [-0.39, 0.29) is 0 Å². The monoisotopic (exact) mass is 270 g/mol. The first-order chi connectivity index (χ1) is 9.92. The number of rotatable bonds is 8. The Morgan fingerprint density at radius 2 is 1.95 bits per heavy atom. The molecule has 3 heteroatoms. The van der Waals surface area contributed by atoms with Crippen molar-refractivity contribution >= 4 is 0 Å². The Kier molecular flexibility index (Phi) is 4.51. The molecular formula is C17H22N2O. The number of nitrogens with zero attached hydrogens (tertiary/aromatic N) is 1. The van der Waals surface area contributed by atoms with Gasteiger partial charge in [0.15, 0.2) is 0 Å². The van der Waals surface area contributed by atoms with Crippen molar-refractivity contribution in [3.63, 3.8) is 0 Å². The van der Waals surface area contributed by atoms with E-state index < -0.39 is 0 Å². The Morgan fingerprint density at radius 3 is 2.65 bits per heavy atom. The quantitative estimate of drug-likeness (QED) is 0.747. The van der Waals surface area contributed by atoms with Gasteiger partial charge in [0.25, 0.3) is 0 Å². The summed E-state index contributed by atoms with van der Waals surface area (Å²) in [5.41, 5.74) is 1.34. The highest BCUT2D eigenvalue weighted by Gasteiger charge is 2.28. The first kappa shape index (κ1) is 13.4. The van der Waals surface area contributed by atoms with E-state index >= 15 is 0 Å². The van der Waals surface area contributed by atoms with Gasteiger partial charge < -0.3 is 9.73 Å². The number of furan rings is 1. The first-order valence-electron chi connectivity index (χ1n) is 7.43. The number of nitrogens with one attached hydrogen (secondary N) is 1. The van der Waals surface area contributed by atoms with Crippen molar-refractivity contribution in [3.05, 3.63) is 60.1 Å². The molecule has 1 aliphatic carbocycles. The summed E-state index contributed by atoms with van der Waals surface area (Å²) in [6.07, 6.45) is 4.42. The first-order valence-corrected chi connectivity index (χ1v) is 7.43. The molecule has 3 rings (SSSR count). The van der Waals surface area contributed by atoms with E-state index in [1.807, 2.05) is 6.07 Å². The molecule has 0 amide bonds. The molecule has 0 unspecified atom stereocenters.